The monoisotopic (exact) mass is 364 g/mol. The van der Waals surface area contributed by atoms with Crippen LogP contribution in [0.25, 0.3) is 0 Å². The molecule has 2 aromatic rings. The molecule has 0 aliphatic rings. The van der Waals surface area contributed by atoms with Gasteiger partial charge in [0.2, 0.25) is 5.91 Å². The van der Waals surface area contributed by atoms with E-state index in [9.17, 15) is 13.6 Å². The summed E-state index contributed by atoms with van der Waals surface area (Å²) in [5.74, 6) is -1.01. The van der Waals surface area contributed by atoms with Crippen LogP contribution in [-0.4, -0.2) is 26.2 Å². The Morgan fingerprint density at radius 2 is 1.73 bits per heavy atom. The average molecular weight is 364 g/mol. The lowest BCUT2D eigenvalue weighted by molar-refractivity contribution is -0.117. The highest BCUT2D eigenvalue weighted by Gasteiger charge is 2.19. The molecule has 2 unspecified atom stereocenters. The second kappa shape index (κ2) is 8.62. The number of ether oxygens (including phenoxy) is 2. The third-order valence-corrected chi connectivity index (χ3v) is 3.98. The predicted octanol–water partition coefficient (Wildman–Crippen LogP) is 3.66. The molecule has 0 radical (unpaired) electrons. The number of methoxy groups -OCH3 is 2. The first kappa shape index (κ1) is 19.7. The Morgan fingerprint density at radius 1 is 1.00 bits per heavy atom. The maximum absolute atomic E-state index is 13.2. The number of carbonyl (C=O) groups is 1. The third kappa shape index (κ3) is 4.70. The van der Waals surface area contributed by atoms with Gasteiger partial charge in [0.15, 0.2) is 11.6 Å². The molecule has 0 fully saturated rings. The fourth-order valence-corrected chi connectivity index (χ4v) is 2.54. The molecule has 0 aliphatic carbocycles. The van der Waals surface area contributed by atoms with E-state index in [4.69, 9.17) is 9.47 Å². The molecule has 0 aliphatic heterocycles. The lowest BCUT2D eigenvalue weighted by atomic mass is 10.1. The van der Waals surface area contributed by atoms with E-state index in [0.29, 0.717) is 11.5 Å². The van der Waals surface area contributed by atoms with Gasteiger partial charge < -0.3 is 14.8 Å². The zero-order valence-electron chi connectivity index (χ0n) is 15.1. The quantitative estimate of drug-likeness (QED) is 0.787. The van der Waals surface area contributed by atoms with Gasteiger partial charge in [-0.05, 0) is 44.2 Å². The Morgan fingerprint density at radius 3 is 2.35 bits per heavy atom. The second-order valence-corrected chi connectivity index (χ2v) is 5.84. The summed E-state index contributed by atoms with van der Waals surface area (Å²) in [5, 5.41) is 5.71. The number of rotatable bonds is 7. The highest BCUT2D eigenvalue weighted by Crippen LogP contribution is 2.29. The fraction of sp³-hybridized carbons (Fsp3) is 0.316. The van der Waals surface area contributed by atoms with E-state index in [2.05, 4.69) is 10.6 Å². The van der Waals surface area contributed by atoms with Crippen molar-refractivity contribution in [2.75, 3.05) is 19.5 Å². The Bertz CT molecular complexity index is 783. The fourth-order valence-electron chi connectivity index (χ4n) is 2.54. The van der Waals surface area contributed by atoms with E-state index in [1.807, 2.05) is 13.0 Å². The highest BCUT2D eigenvalue weighted by molar-refractivity contribution is 5.94. The second-order valence-electron chi connectivity index (χ2n) is 5.84. The van der Waals surface area contributed by atoms with Crippen molar-refractivity contribution >= 4 is 11.6 Å². The first-order chi connectivity index (χ1) is 12.3. The minimum atomic E-state index is -1.02. The molecule has 0 aromatic heterocycles. The largest absolute Gasteiger partial charge is 0.497 e. The first-order valence-corrected chi connectivity index (χ1v) is 8.09. The number of hydrogen-bond acceptors (Lipinski definition) is 4. The average Bonchev–Trinajstić information content (AvgIpc) is 2.63. The van der Waals surface area contributed by atoms with Crippen LogP contribution >= 0.6 is 0 Å². The predicted molar refractivity (Wildman–Crippen MR) is 95.5 cm³/mol. The first-order valence-electron chi connectivity index (χ1n) is 8.09. The van der Waals surface area contributed by atoms with Crippen molar-refractivity contribution in [1.82, 2.24) is 5.32 Å². The molecule has 5 nitrogen and oxygen atoms in total. The molecule has 2 rings (SSSR count). The van der Waals surface area contributed by atoms with Gasteiger partial charge in [0, 0.05) is 23.4 Å². The number of anilines is 1. The van der Waals surface area contributed by atoms with Gasteiger partial charge in [-0.2, -0.15) is 0 Å². The van der Waals surface area contributed by atoms with Crippen LogP contribution < -0.4 is 20.1 Å². The van der Waals surface area contributed by atoms with Crippen molar-refractivity contribution in [2.24, 2.45) is 0 Å². The number of amides is 1. The Hall–Kier alpha value is -2.67. The smallest absolute Gasteiger partial charge is 0.241 e. The van der Waals surface area contributed by atoms with Gasteiger partial charge in [0.25, 0.3) is 0 Å². The van der Waals surface area contributed by atoms with Crippen LogP contribution in [0.15, 0.2) is 36.4 Å². The van der Waals surface area contributed by atoms with Crippen LogP contribution in [0.1, 0.15) is 25.5 Å². The lowest BCUT2D eigenvalue weighted by Crippen LogP contribution is -2.39. The highest BCUT2D eigenvalue weighted by atomic mass is 19.2. The van der Waals surface area contributed by atoms with E-state index in [1.54, 1.807) is 33.3 Å². The summed E-state index contributed by atoms with van der Waals surface area (Å²) in [6, 6.07) is 7.81. The summed E-state index contributed by atoms with van der Waals surface area (Å²) >= 11 is 0. The Balaban J connectivity index is 2.07. The molecule has 2 atom stereocenters. The van der Waals surface area contributed by atoms with E-state index >= 15 is 0 Å². The van der Waals surface area contributed by atoms with Gasteiger partial charge in [-0.15, -0.1) is 0 Å². The summed E-state index contributed by atoms with van der Waals surface area (Å²) in [7, 11) is 3.14. The van der Waals surface area contributed by atoms with Gasteiger partial charge in [-0.25, -0.2) is 8.78 Å². The van der Waals surface area contributed by atoms with Gasteiger partial charge in [-0.1, -0.05) is 0 Å². The van der Waals surface area contributed by atoms with Crippen molar-refractivity contribution in [3.05, 3.63) is 53.6 Å². The minimum Gasteiger partial charge on any atom is -0.497 e. The summed E-state index contributed by atoms with van der Waals surface area (Å²) in [4.78, 5) is 12.3. The molecule has 2 aromatic carbocycles. The van der Waals surface area contributed by atoms with Crippen LogP contribution in [0.2, 0.25) is 0 Å². The zero-order valence-corrected chi connectivity index (χ0v) is 15.1. The summed E-state index contributed by atoms with van der Waals surface area (Å²) < 4.78 is 36.8. The van der Waals surface area contributed by atoms with Crippen LogP contribution in [0.3, 0.4) is 0 Å². The Kier molecular flexibility index (Phi) is 6.52. The molecule has 2 N–H and O–H groups in total. The standard InChI is InChI=1S/C19H22F2N2O3/c1-11(15-10-14(25-3)6-8-18(15)26-4)22-12(2)19(24)23-13-5-7-16(20)17(21)9-13/h5-12,22H,1-4H3,(H,23,24). The van der Waals surface area contributed by atoms with E-state index < -0.39 is 17.7 Å². The number of nitrogens with one attached hydrogen (secondary N) is 2. The SMILES string of the molecule is COc1ccc(OC)c(C(C)NC(C)C(=O)Nc2ccc(F)c(F)c2)c1. The molecule has 1 amide bonds. The third-order valence-electron chi connectivity index (χ3n) is 3.98. The van der Waals surface area contributed by atoms with Gasteiger partial charge in [0.05, 0.1) is 20.3 Å². The molecule has 26 heavy (non-hydrogen) atoms. The van der Waals surface area contributed by atoms with Crippen LogP contribution in [0.5, 0.6) is 11.5 Å². The molecule has 0 bridgehead atoms. The molecule has 0 saturated carbocycles. The topological polar surface area (TPSA) is 59.6 Å². The van der Waals surface area contributed by atoms with Crippen LogP contribution in [-0.2, 0) is 4.79 Å². The van der Waals surface area contributed by atoms with Gasteiger partial charge in [-0.3, -0.25) is 10.1 Å². The van der Waals surface area contributed by atoms with E-state index in [-0.39, 0.29) is 17.6 Å². The van der Waals surface area contributed by atoms with Gasteiger partial charge >= 0.3 is 0 Å². The molecular formula is C19H22F2N2O3. The van der Waals surface area contributed by atoms with Crippen LogP contribution in [0.4, 0.5) is 14.5 Å². The van der Waals surface area contributed by atoms with Crippen molar-refractivity contribution in [3.63, 3.8) is 0 Å². The van der Waals surface area contributed by atoms with E-state index in [1.165, 1.54) is 6.07 Å². The van der Waals surface area contributed by atoms with Gasteiger partial charge in [0.1, 0.15) is 11.5 Å². The Labute approximate surface area is 151 Å². The van der Waals surface area contributed by atoms with Crippen LogP contribution in [0, 0.1) is 11.6 Å². The lowest BCUT2D eigenvalue weighted by Gasteiger charge is -2.22. The minimum absolute atomic E-state index is 0.189. The molecule has 0 spiro atoms. The molecular weight excluding hydrogens is 342 g/mol. The summed E-state index contributed by atoms with van der Waals surface area (Å²) in [6.45, 7) is 3.57. The number of carbonyl (C=O) groups excluding carboxylic acids is 1. The maximum atomic E-state index is 13.2. The van der Waals surface area contributed by atoms with Crippen molar-refractivity contribution in [1.29, 1.82) is 0 Å². The normalized spacial score (nSPS) is 13.0. The number of hydrogen-bond donors (Lipinski definition) is 2. The number of halogens is 2. The van der Waals surface area contributed by atoms with Crippen molar-refractivity contribution < 1.29 is 23.0 Å². The zero-order chi connectivity index (χ0) is 19.3. The summed E-state index contributed by atoms with van der Waals surface area (Å²) in [6.07, 6.45) is 0. The van der Waals surface area contributed by atoms with Crippen molar-refractivity contribution in [3.8, 4) is 11.5 Å². The number of benzene rings is 2. The molecule has 0 saturated heterocycles. The summed E-state index contributed by atoms with van der Waals surface area (Å²) in [5.41, 5.74) is 1.02. The molecule has 0 heterocycles. The maximum Gasteiger partial charge on any atom is 0.241 e. The molecule has 140 valence electrons. The van der Waals surface area contributed by atoms with Crippen molar-refractivity contribution in [2.45, 2.75) is 25.9 Å². The van der Waals surface area contributed by atoms with E-state index in [0.717, 1.165) is 17.7 Å². The molecule has 7 heteroatoms.